The Morgan fingerprint density at radius 3 is 3.04 bits per heavy atom. The first-order valence-corrected chi connectivity index (χ1v) is 10.0. The monoisotopic (exact) mass is 455 g/mol. The van der Waals surface area contributed by atoms with E-state index >= 15 is 0 Å². The van der Waals surface area contributed by atoms with E-state index in [4.69, 9.17) is 5.73 Å². The number of halogens is 3. The van der Waals surface area contributed by atoms with Gasteiger partial charge in [-0.2, -0.15) is 5.10 Å². The molecule has 0 spiro atoms. The van der Waals surface area contributed by atoms with Gasteiger partial charge >= 0.3 is 0 Å². The topological polar surface area (TPSA) is 85.3 Å². The zero-order chi connectivity index (χ0) is 19.2. The molecule has 3 heterocycles. The van der Waals surface area contributed by atoms with Crippen LogP contribution in [0.3, 0.4) is 0 Å². The van der Waals surface area contributed by atoms with Crippen molar-refractivity contribution in [2.24, 2.45) is 5.73 Å². The minimum atomic E-state index is -3.02. The highest BCUT2D eigenvalue weighted by molar-refractivity contribution is 9.11. The fourth-order valence-corrected chi connectivity index (χ4v) is 4.78. The smallest absolute Gasteiger partial charge is 0.280 e. The van der Waals surface area contributed by atoms with Crippen molar-refractivity contribution in [1.82, 2.24) is 19.9 Å². The highest BCUT2D eigenvalue weighted by atomic mass is 79.9. The second kappa shape index (κ2) is 6.92. The average Bonchev–Trinajstić information content (AvgIpc) is 3.21. The van der Waals surface area contributed by atoms with E-state index in [1.807, 2.05) is 18.2 Å². The van der Waals surface area contributed by atoms with Crippen LogP contribution in [0.1, 0.15) is 29.1 Å². The molecule has 4 rings (SSSR count). The molecule has 0 aliphatic heterocycles. The Labute approximate surface area is 165 Å². The maximum atomic E-state index is 14.1. The molecular weight excluding hydrogens is 440 g/mol. The Morgan fingerprint density at radius 1 is 1.44 bits per heavy atom. The number of carbonyl (C=O) groups excluding carboxylic acids is 1. The van der Waals surface area contributed by atoms with Gasteiger partial charge in [-0.15, -0.1) is 11.3 Å². The average molecular weight is 456 g/mol. The van der Waals surface area contributed by atoms with Crippen LogP contribution in [0.2, 0.25) is 0 Å². The van der Waals surface area contributed by atoms with E-state index in [1.54, 1.807) is 16.9 Å². The summed E-state index contributed by atoms with van der Waals surface area (Å²) in [6, 6.07) is 3.45. The van der Waals surface area contributed by atoms with Gasteiger partial charge < -0.3 is 11.1 Å². The van der Waals surface area contributed by atoms with Crippen LogP contribution in [-0.2, 0) is 0 Å². The Morgan fingerprint density at radius 2 is 2.26 bits per heavy atom. The van der Waals surface area contributed by atoms with Gasteiger partial charge in [-0.05, 0) is 40.9 Å². The highest BCUT2D eigenvalue weighted by Crippen LogP contribution is 2.36. The number of aromatic nitrogens is 3. The van der Waals surface area contributed by atoms with Gasteiger partial charge in [0.05, 0.1) is 15.5 Å². The first kappa shape index (κ1) is 18.5. The fourth-order valence-electron chi connectivity index (χ4n) is 3.31. The van der Waals surface area contributed by atoms with E-state index in [2.05, 4.69) is 31.3 Å². The van der Waals surface area contributed by atoms with Crippen LogP contribution >= 0.6 is 27.3 Å². The van der Waals surface area contributed by atoms with E-state index in [9.17, 15) is 13.6 Å². The van der Waals surface area contributed by atoms with E-state index < -0.39 is 23.9 Å². The number of amides is 1. The summed E-state index contributed by atoms with van der Waals surface area (Å²) >= 11 is 4.51. The molecule has 1 saturated carbocycles. The Kier molecular flexibility index (Phi) is 4.73. The van der Waals surface area contributed by atoms with Crippen LogP contribution in [0.25, 0.3) is 16.8 Å². The quantitative estimate of drug-likeness (QED) is 0.632. The highest BCUT2D eigenvalue weighted by Gasteiger charge is 2.46. The molecule has 27 heavy (non-hydrogen) atoms. The molecule has 10 heteroatoms. The van der Waals surface area contributed by atoms with Gasteiger partial charge in [0.25, 0.3) is 11.8 Å². The van der Waals surface area contributed by atoms with Crippen molar-refractivity contribution < 1.29 is 13.6 Å². The van der Waals surface area contributed by atoms with Crippen LogP contribution in [-0.4, -0.2) is 38.5 Å². The van der Waals surface area contributed by atoms with Crippen molar-refractivity contribution in [2.75, 3.05) is 0 Å². The fraction of sp³-hybridized carbons (Fsp3) is 0.353. The molecule has 6 nitrogen and oxygen atoms in total. The summed E-state index contributed by atoms with van der Waals surface area (Å²) < 4.78 is 30.6. The zero-order valence-corrected chi connectivity index (χ0v) is 16.4. The molecule has 1 aliphatic carbocycles. The number of carbonyl (C=O) groups is 1. The number of nitrogens with two attached hydrogens (primary N) is 1. The number of nitrogens with one attached hydrogen (secondary N) is 1. The third-order valence-electron chi connectivity index (χ3n) is 4.68. The van der Waals surface area contributed by atoms with Crippen LogP contribution in [0.5, 0.6) is 0 Å². The molecule has 0 saturated heterocycles. The van der Waals surface area contributed by atoms with Crippen LogP contribution in [0.4, 0.5) is 8.78 Å². The molecule has 2 atom stereocenters. The molecule has 0 radical (unpaired) electrons. The minimum absolute atomic E-state index is 0.0979. The van der Waals surface area contributed by atoms with Crippen molar-refractivity contribution in [3.8, 4) is 11.3 Å². The SMILES string of the molecule is NC1CCCC(F)(F)C1NC(=O)c1nc(-c2cnn3ccccc23)c(Br)s1. The number of alkyl halides is 2. The van der Waals surface area contributed by atoms with Crippen molar-refractivity contribution in [1.29, 1.82) is 0 Å². The number of pyridine rings is 1. The van der Waals surface area contributed by atoms with E-state index in [0.29, 0.717) is 22.3 Å². The first-order valence-electron chi connectivity index (χ1n) is 8.40. The standard InChI is InChI=1S/C17H16BrF2N5OS/c18-14-12(9-8-22-25-7-2-1-5-11(9)25)23-16(27-14)15(26)24-13-10(21)4-3-6-17(13,19)20/h1-2,5,7-8,10,13H,3-4,6,21H2,(H,24,26). The summed E-state index contributed by atoms with van der Waals surface area (Å²) in [5.41, 5.74) is 7.95. The third kappa shape index (κ3) is 3.37. The lowest BCUT2D eigenvalue weighted by Gasteiger charge is -2.36. The summed E-state index contributed by atoms with van der Waals surface area (Å²) in [4.78, 5) is 16.9. The van der Waals surface area contributed by atoms with Crippen molar-refractivity contribution in [2.45, 2.75) is 37.3 Å². The number of thiazole rings is 1. The molecular formula is C17H16BrF2N5OS. The van der Waals surface area contributed by atoms with Gasteiger partial charge in [0.15, 0.2) is 5.01 Å². The van der Waals surface area contributed by atoms with Crippen LogP contribution in [0.15, 0.2) is 34.4 Å². The van der Waals surface area contributed by atoms with Crippen molar-refractivity contribution in [3.05, 3.63) is 39.4 Å². The molecule has 1 aliphatic rings. The van der Waals surface area contributed by atoms with E-state index in [0.717, 1.165) is 22.4 Å². The predicted octanol–water partition coefficient (Wildman–Crippen LogP) is 3.47. The minimum Gasteiger partial charge on any atom is -0.340 e. The lowest BCUT2D eigenvalue weighted by atomic mass is 9.87. The molecule has 3 aromatic rings. The van der Waals surface area contributed by atoms with Gasteiger partial charge in [0, 0.05) is 24.2 Å². The maximum absolute atomic E-state index is 14.1. The molecule has 1 amide bonds. The Bertz CT molecular complexity index is 1000. The summed E-state index contributed by atoms with van der Waals surface area (Å²) in [7, 11) is 0. The normalized spacial score (nSPS) is 22.1. The van der Waals surface area contributed by atoms with Crippen LogP contribution < -0.4 is 11.1 Å². The largest absolute Gasteiger partial charge is 0.340 e. The maximum Gasteiger partial charge on any atom is 0.280 e. The van der Waals surface area contributed by atoms with E-state index in [1.165, 1.54) is 0 Å². The number of fused-ring (bicyclic) bond motifs is 1. The number of nitrogens with zero attached hydrogens (tertiary/aromatic N) is 3. The number of rotatable bonds is 3. The second-order valence-electron chi connectivity index (χ2n) is 6.50. The predicted molar refractivity (Wildman–Crippen MR) is 102 cm³/mol. The second-order valence-corrected chi connectivity index (χ2v) is 8.82. The van der Waals surface area contributed by atoms with Gasteiger partial charge in [-0.1, -0.05) is 6.07 Å². The zero-order valence-electron chi connectivity index (χ0n) is 14.0. The summed E-state index contributed by atoms with van der Waals surface area (Å²) in [6.07, 6.45) is 3.99. The molecule has 2 unspecified atom stereocenters. The van der Waals surface area contributed by atoms with E-state index in [-0.39, 0.29) is 11.4 Å². The summed E-state index contributed by atoms with van der Waals surface area (Å²) in [5.74, 6) is -3.67. The molecule has 3 aromatic heterocycles. The Hall–Kier alpha value is -1.91. The van der Waals surface area contributed by atoms with Gasteiger partial charge in [-0.25, -0.2) is 18.3 Å². The van der Waals surface area contributed by atoms with Crippen LogP contribution in [0, 0.1) is 0 Å². The Balaban J connectivity index is 1.62. The van der Waals surface area contributed by atoms with Gasteiger partial charge in [0.1, 0.15) is 11.7 Å². The number of hydrogen-bond donors (Lipinski definition) is 2. The lowest BCUT2D eigenvalue weighted by molar-refractivity contribution is -0.0674. The summed E-state index contributed by atoms with van der Waals surface area (Å²) in [5, 5.41) is 6.75. The van der Waals surface area contributed by atoms with Gasteiger partial charge in [0.2, 0.25) is 0 Å². The third-order valence-corrected chi connectivity index (χ3v) is 6.38. The van der Waals surface area contributed by atoms with Gasteiger partial charge in [-0.3, -0.25) is 4.79 Å². The number of hydrogen-bond acceptors (Lipinski definition) is 5. The molecule has 1 fully saturated rings. The molecule has 0 bridgehead atoms. The lowest BCUT2D eigenvalue weighted by Crippen LogP contribution is -2.59. The van der Waals surface area contributed by atoms with Crippen molar-refractivity contribution in [3.63, 3.8) is 0 Å². The first-order chi connectivity index (χ1) is 12.9. The summed E-state index contributed by atoms with van der Waals surface area (Å²) in [6.45, 7) is 0. The molecule has 142 valence electrons. The molecule has 3 N–H and O–H groups in total. The molecule has 0 aromatic carbocycles. The van der Waals surface area contributed by atoms with Crippen molar-refractivity contribution >= 4 is 38.7 Å².